The Morgan fingerprint density at radius 1 is 0.889 bits per heavy atom. The molecule has 4 nitrogen and oxygen atoms in total. The summed E-state index contributed by atoms with van der Waals surface area (Å²) in [6.45, 7) is 2.16. The lowest BCUT2D eigenvalue weighted by atomic mass is 10.1. The first-order valence-corrected chi connectivity index (χ1v) is 12.9. The van der Waals surface area contributed by atoms with Crippen molar-refractivity contribution in [1.82, 2.24) is 4.98 Å². The molecule has 1 amide bonds. The van der Waals surface area contributed by atoms with Crippen molar-refractivity contribution >= 4 is 56.3 Å². The fraction of sp³-hybridized carbons (Fsp3) is 0.103. The fourth-order valence-corrected chi connectivity index (χ4v) is 5.41. The molecule has 0 saturated carbocycles. The molecular formula is C29H22Cl2N2O2S. The Morgan fingerprint density at radius 2 is 1.58 bits per heavy atom. The van der Waals surface area contributed by atoms with Crippen molar-refractivity contribution in [2.45, 2.75) is 20.1 Å². The van der Waals surface area contributed by atoms with Crippen LogP contribution in [0.15, 0.2) is 91.0 Å². The lowest BCUT2D eigenvalue weighted by Gasteiger charge is -2.23. The molecule has 0 aliphatic carbocycles. The number of ether oxygens (including phenoxy) is 1. The first kappa shape index (κ1) is 24.3. The minimum atomic E-state index is -0.0633. The van der Waals surface area contributed by atoms with Crippen molar-refractivity contribution < 1.29 is 9.53 Å². The van der Waals surface area contributed by atoms with Gasteiger partial charge in [-0.25, -0.2) is 4.98 Å². The monoisotopic (exact) mass is 532 g/mol. The molecule has 0 bridgehead atoms. The molecule has 0 aliphatic rings. The number of aromatic nitrogens is 1. The van der Waals surface area contributed by atoms with Gasteiger partial charge in [0.15, 0.2) is 0 Å². The Kier molecular flexibility index (Phi) is 7.23. The summed E-state index contributed by atoms with van der Waals surface area (Å²) in [4.78, 5) is 19.1. The molecule has 0 unspecified atom stereocenters. The zero-order valence-electron chi connectivity index (χ0n) is 19.4. The Hall–Kier alpha value is -3.38. The van der Waals surface area contributed by atoms with Crippen LogP contribution in [-0.4, -0.2) is 10.9 Å². The van der Waals surface area contributed by atoms with Gasteiger partial charge in [0.05, 0.1) is 16.8 Å². The predicted molar refractivity (Wildman–Crippen MR) is 149 cm³/mol. The van der Waals surface area contributed by atoms with Gasteiger partial charge in [-0.1, -0.05) is 59.6 Å². The predicted octanol–water partition coefficient (Wildman–Crippen LogP) is 8.40. The van der Waals surface area contributed by atoms with Gasteiger partial charge >= 0.3 is 0 Å². The van der Waals surface area contributed by atoms with Gasteiger partial charge in [-0.3, -0.25) is 4.79 Å². The summed E-state index contributed by atoms with van der Waals surface area (Å²) < 4.78 is 7.24. The second kappa shape index (κ2) is 10.7. The van der Waals surface area contributed by atoms with Gasteiger partial charge in [-0.15, -0.1) is 11.3 Å². The van der Waals surface area contributed by atoms with E-state index in [-0.39, 0.29) is 12.5 Å². The van der Waals surface area contributed by atoms with E-state index in [0.717, 1.165) is 37.6 Å². The minimum absolute atomic E-state index is 0.0633. The summed E-state index contributed by atoms with van der Waals surface area (Å²) in [5, 5.41) is 2.06. The topological polar surface area (TPSA) is 42.4 Å². The number of benzene rings is 4. The maximum Gasteiger partial charge on any atom is 0.224 e. The number of carbonyl (C=O) groups excluding carboxylic acids is 1. The second-order valence-electron chi connectivity index (χ2n) is 8.24. The van der Waals surface area contributed by atoms with Crippen LogP contribution in [0.1, 0.15) is 18.1 Å². The van der Waals surface area contributed by atoms with Crippen molar-refractivity contribution in [3.63, 3.8) is 0 Å². The third-order valence-electron chi connectivity index (χ3n) is 5.83. The standard InChI is InChI=1S/C29H22Cl2N2O2S/c1-19(34)33(22-15-13-20(14-16-22)29-32-26-10-3-5-12-28(26)36-29)17-21-7-2-4-11-27(21)35-18-23-24(30)8-6-9-25(23)31/h2-16H,17-18H2,1H3. The van der Waals surface area contributed by atoms with Crippen molar-refractivity contribution in [3.05, 3.63) is 112 Å². The van der Waals surface area contributed by atoms with Crippen LogP contribution in [0, 0.1) is 0 Å². The molecule has 180 valence electrons. The summed E-state index contributed by atoms with van der Waals surface area (Å²) in [7, 11) is 0. The van der Waals surface area contributed by atoms with Crippen LogP contribution in [0.4, 0.5) is 5.69 Å². The quantitative estimate of drug-likeness (QED) is 0.211. The SMILES string of the molecule is CC(=O)N(Cc1ccccc1OCc1c(Cl)cccc1Cl)c1ccc(-c2nc3ccccc3s2)cc1. The average Bonchev–Trinajstić information content (AvgIpc) is 3.32. The van der Waals surface area contributed by atoms with E-state index in [9.17, 15) is 4.79 Å². The highest BCUT2D eigenvalue weighted by molar-refractivity contribution is 7.21. The first-order chi connectivity index (χ1) is 17.5. The number of carbonyl (C=O) groups is 1. The zero-order valence-corrected chi connectivity index (χ0v) is 21.8. The number of para-hydroxylation sites is 2. The lowest BCUT2D eigenvalue weighted by Crippen LogP contribution is -2.28. The van der Waals surface area contributed by atoms with Crippen molar-refractivity contribution in [1.29, 1.82) is 0 Å². The van der Waals surface area contributed by atoms with Crippen LogP contribution in [0.5, 0.6) is 5.75 Å². The number of hydrogen-bond donors (Lipinski definition) is 0. The molecule has 4 aromatic carbocycles. The zero-order chi connectivity index (χ0) is 25.1. The van der Waals surface area contributed by atoms with Crippen LogP contribution < -0.4 is 9.64 Å². The van der Waals surface area contributed by atoms with Gasteiger partial charge in [-0.05, 0) is 54.6 Å². The van der Waals surface area contributed by atoms with Gasteiger partial charge in [-0.2, -0.15) is 0 Å². The van der Waals surface area contributed by atoms with Crippen LogP contribution in [0.2, 0.25) is 10.0 Å². The van der Waals surface area contributed by atoms with Gasteiger partial charge in [0.2, 0.25) is 5.91 Å². The third kappa shape index (κ3) is 5.24. The van der Waals surface area contributed by atoms with Crippen molar-refractivity contribution in [2.75, 3.05) is 4.90 Å². The maximum atomic E-state index is 12.6. The highest BCUT2D eigenvalue weighted by Gasteiger charge is 2.16. The molecule has 7 heteroatoms. The number of nitrogens with zero attached hydrogens (tertiary/aromatic N) is 2. The lowest BCUT2D eigenvalue weighted by molar-refractivity contribution is -0.116. The third-order valence-corrected chi connectivity index (χ3v) is 7.63. The Labute approximate surface area is 223 Å². The van der Waals surface area contributed by atoms with E-state index in [4.69, 9.17) is 32.9 Å². The Morgan fingerprint density at radius 3 is 2.31 bits per heavy atom. The highest BCUT2D eigenvalue weighted by Crippen LogP contribution is 2.32. The van der Waals surface area contributed by atoms with E-state index >= 15 is 0 Å². The van der Waals surface area contributed by atoms with E-state index in [1.54, 1.807) is 41.4 Å². The van der Waals surface area contributed by atoms with Gasteiger partial charge in [0.25, 0.3) is 0 Å². The number of rotatable bonds is 7. The largest absolute Gasteiger partial charge is 0.488 e. The van der Waals surface area contributed by atoms with E-state index in [2.05, 4.69) is 6.07 Å². The smallest absolute Gasteiger partial charge is 0.224 e. The molecule has 0 radical (unpaired) electrons. The van der Waals surface area contributed by atoms with Gasteiger partial charge < -0.3 is 9.64 Å². The summed E-state index contributed by atoms with van der Waals surface area (Å²) in [6.07, 6.45) is 0. The molecule has 0 saturated heterocycles. The molecule has 0 spiro atoms. The minimum Gasteiger partial charge on any atom is -0.488 e. The summed E-state index contributed by atoms with van der Waals surface area (Å²) >= 11 is 14.3. The Balaban J connectivity index is 1.36. The second-order valence-corrected chi connectivity index (χ2v) is 10.1. The van der Waals surface area contributed by atoms with Crippen LogP contribution in [-0.2, 0) is 17.9 Å². The number of fused-ring (bicyclic) bond motifs is 1. The molecule has 36 heavy (non-hydrogen) atoms. The molecule has 5 rings (SSSR count). The molecule has 1 aromatic heterocycles. The molecule has 0 N–H and O–H groups in total. The molecule has 0 fully saturated rings. The molecular weight excluding hydrogens is 511 g/mol. The van der Waals surface area contributed by atoms with E-state index in [1.807, 2.05) is 66.7 Å². The number of anilines is 1. The first-order valence-electron chi connectivity index (χ1n) is 11.4. The van der Waals surface area contributed by atoms with Crippen LogP contribution >= 0.6 is 34.5 Å². The number of amides is 1. The fourth-order valence-electron chi connectivity index (χ4n) is 3.93. The van der Waals surface area contributed by atoms with Crippen LogP contribution in [0.25, 0.3) is 20.8 Å². The normalized spacial score (nSPS) is 11.0. The summed E-state index contributed by atoms with van der Waals surface area (Å²) in [6, 6.07) is 29.0. The molecule has 1 heterocycles. The average molecular weight is 533 g/mol. The number of halogens is 2. The van der Waals surface area contributed by atoms with Crippen molar-refractivity contribution in [2.24, 2.45) is 0 Å². The van der Waals surface area contributed by atoms with Crippen molar-refractivity contribution in [3.8, 4) is 16.3 Å². The van der Waals surface area contributed by atoms with E-state index < -0.39 is 0 Å². The van der Waals surface area contributed by atoms with Gasteiger partial charge in [0.1, 0.15) is 17.4 Å². The maximum absolute atomic E-state index is 12.6. The molecule has 0 atom stereocenters. The highest BCUT2D eigenvalue weighted by atomic mass is 35.5. The van der Waals surface area contributed by atoms with Crippen LogP contribution in [0.3, 0.4) is 0 Å². The van der Waals surface area contributed by atoms with Gasteiger partial charge in [0, 0.05) is 39.3 Å². The van der Waals surface area contributed by atoms with E-state index in [0.29, 0.717) is 22.3 Å². The Bertz CT molecular complexity index is 1480. The summed E-state index contributed by atoms with van der Waals surface area (Å²) in [5.74, 6) is 0.609. The molecule has 5 aromatic rings. The summed E-state index contributed by atoms with van der Waals surface area (Å²) in [5.41, 5.74) is 4.41. The number of thiazole rings is 1. The van der Waals surface area contributed by atoms with E-state index in [1.165, 1.54) is 0 Å². The number of hydrogen-bond acceptors (Lipinski definition) is 4. The molecule has 0 aliphatic heterocycles.